The van der Waals surface area contributed by atoms with Crippen molar-refractivity contribution >= 4 is 29.9 Å². The van der Waals surface area contributed by atoms with E-state index in [1.165, 1.54) is 6.42 Å². The summed E-state index contributed by atoms with van der Waals surface area (Å²) in [7, 11) is 1.81. The highest BCUT2D eigenvalue weighted by atomic mass is 127. The predicted octanol–water partition coefficient (Wildman–Crippen LogP) is 2.95. The molecular formula is C19H38IN3O3. The Kier molecular flexibility index (Phi) is 10.7. The largest absolute Gasteiger partial charge is 0.379 e. The van der Waals surface area contributed by atoms with E-state index in [1.54, 1.807) is 0 Å². The Bertz CT molecular complexity index is 428. The molecule has 1 saturated heterocycles. The number of hydrogen-bond donors (Lipinski definition) is 2. The summed E-state index contributed by atoms with van der Waals surface area (Å²) in [6.45, 7) is 11.9. The second-order valence-corrected chi connectivity index (χ2v) is 7.90. The molecule has 1 aliphatic heterocycles. The molecular weight excluding hydrogens is 445 g/mol. The van der Waals surface area contributed by atoms with Gasteiger partial charge in [0.2, 0.25) is 0 Å². The highest BCUT2D eigenvalue weighted by Gasteiger charge is 2.49. The van der Waals surface area contributed by atoms with Crippen molar-refractivity contribution in [3.8, 4) is 0 Å². The number of ether oxygens (including phenoxy) is 3. The number of nitrogens with one attached hydrogen (secondary N) is 2. The van der Waals surface area contributed by atoms with Crippen LogP contribution < -0.4 is 10.6 Å². The minimum atomic E-state index is 0. The fourth-order valence-corrected chi connectivity index (χ4v) is 3.32. The van der Waals surface area contributed by atoms with Gasteiger partial charge in [-0.15, -0.1) is 24.0 Å². The smallest absolute Gasteiger partial charge is 0.191 e. The van der Waals surface area contributed by atoms with Gasteiger partial charge in [-0.05, 0) is 26.2 Å². The number of hydrogen-bond acceptors (Lipinski definition) is 4. The Labute approximate surface area is 176 Å². The lowest BCUT2D eigenvalue weighted by molar-refractivity contribution is -0.113. The van der Waals surface area contributed by atoms with Crippen LogP contribution in [-0.2, 0) is 14.2 Å². The average molecular weight is 483 g/mol. The topological polar surface area (TPSA) is 64.1 Å². The minimum Gasteiger partial charge on any atom is -0.379 e. The molecule has 2 rings (SSSR count). The SMILES string of the molecule is CCCCOC1CC(NC(=NC)NC(C)COC2CCOC2)C1(C)C.I. The number of halogens is 1. The first-order valence-electron chi connectivity index (χ1n) is 9.78. The molecule has 0 spiro atoms. The number of rotatable bonds is 9. The minimum absolute atomic E-state index is 0. The summed E-state index contributed by atoms with van der Waals surface area (Å²) in [6.07, 6.45) is 4.91. The lowest BCUT2D eigenvalue weighted by Gasteiger charge is -2.52. The maximum Gasteiger partial charge on any atom is 0.191 e. The van der Waals surface area contributed by atoms with Gasteiger partial charge in [0.15, 0.2) is 5.96 Å². The third kappa shape index (κ3) is 6.80. The summed E-state index contributed by atoms with van der Waals surface area (Å²) < 4.78 is 17.2. The molecule has 0 radical (unpaired) electrons. The zero-order valence-corrected chi connectivity index (χ0v) is 19.4. The van der Waals surface area contributed by atoms with Crippen LogP contribution in [0.3, 0.4) is 0 Å². The molecule has 2 fully saturated rings. The lowest BCUT2D eigenvalue weighted by atomic mass is 9.64. The molecule has 4 atom stereocenters. The lowest BCUT2D eigenvalue weighted by Crippen LogP contribution is -2.64. The van der Waals surface area contributed by atoms with Crippen LogP contribution >= 0.6 is 24.0 Å². The van der Waals surface area contributed by atoms with E-state index >= 15 is 0 Å². The van der Waals surface area contributed by atoms with E-state index in [0.717, 1.165) is 45.0 Å². The normalized spacial score (nSPS) is 28.8. The Morgan fingerprint density at radius 3 is 2.69 bits per heavy atom. The summed E-state index contributed by atoms with van der Waals surface area (Å²) >= 11 is 0. The van der Waals surface area contributed by atoms with Crippen LogP contribution in [0.2, 0.25) is 0 Å². The molecule has 6 nitrogen and oxygen atoms in total. The van der Waals surface area contributed by atoms with Gasteiger partial charge in [0, 0.05) is 37.8 Å². The average Bonchev–Trinajstić information content (AvgIpc) is 3.11. The predicted molar refractivity (Wildman–Crippen MR) is 117 cm³/mol. The Hall–Kier alpha value is -0.120. The van der Waals surface area contributed by atoms with Crippen molar-refractivity contribution in [2.75, 3.05) is 33.5 Å². The fourth-order valence-electron chi connectivity index (χ4n) is 3.32. The standard InChI is InChI=1S/C19H37N3O3.HI/c1-6-7-9-24-17-11-16(19(17,3)4)22-18(20-5)21-14(2)12-25-15-8-10-23-13-15;/h14-17H,6-13H2,1-5H3,(H2,20,21,22);1H. The molecule has 2 aliphatic rings. The molecule has 154 valence electrons. The summed E-state index contributed by atoms with van der Waals surface area (Å²) in [5.41, 5.74) is 0.117. The van der Waals surface area contributed by atoms with Gasteiger partial charge in [0.05, 0.1) is 25.4 Å². The summed E-state index contributed by atoms with van der Waals surface area (Å²) in [5, 5.41) is 6.98. The summed E-state index contributed by atoms with van der Waals surface area (Å²) in [6, 6.07) is 0.577. The van der Waals surface area contributed by atoms with Crippen LogP contribution in [-0.4, -0.2) is 63.7 Å². The molecule has 0 aromatic heterocycles. The molecule has 7 heteroatoms. The molecule has 1 aliphatic carbocycles. The highest BCUT2D eigenvalue weighted by molar-refractivity contribution is 14.0. The van der Waals surface area contributed by atoms with E-state index in [2.05, 4.69) is 43.3 Å². The Morgan fingerprint density at radius 1 is 1.35 bits per heavy atom. The van der Waals surface area contributed by atoms with Gasteiger partial charge in [-0.25, -0.2) is 0 Å². The number of guanidine groups is 1. The second kappa shape index (κ2) is 11.7. The van der Waals surface area contributed by atoms with Crippen molar-refractivity contribution in [1.29, 1.82) is 0 Å². The molecule has 2 N–H and O–H groups in total. The first kappa shape index (κ1) is 23.9. The van der Waals surface area contributed by atoms with Crippen molar-refractivity contribution in [1.82, 2.24) is 10.6 Å². The van der Waals surface area contributed by atoms with E-state index < -0.39 is 0 Å². The van der Waals surface area contributed by atoms with Crippen molar-refractivity contribution in [2.24, 2.45) is 10.4 Å². The van der Waals surface area contributed by atoms with Gasteiger partial charge in [0.25, 0.3) is 0 Å². The Balaban J connectivity index is 0.00000338. The first-order valence-corrected chi connectivity index (χ1v) is 9.78. The molecule has 1 heterocycles. The van der Waals surface area contributed by atoms with E-state index in [-0.39, 0.29) is 41.5 Å². The Morgan fingerprint density at radius 2 is 2.12 bits per heavy atom. The van der Waals surface area contributed by atoms with E-state index in [1.807, 2.05) is 7.05 Å². The monoisotopic (exact) mass is 483 g/mol. The molecule has 0 amide bonds. The third-order valence-electron chi connectivity index (χ3n) is 5.38. The summed E-state index contributed by atoms with van der Waals surface area (Å²) in [4.78, 5) is 4.37. The van der Waals surface area contributed by atoms with Crippen LogP contribution in [0.4, 0.5) is 0 Å². The quantitative estimate of drug-likeness (QED) is 0.229. The van der Waals surface area contributed by atoms with E-state index in [0.29, 0.717) is 18.8 Å². The zero-order chi connectivity index (χ0) is 18.3. The van der Waals surface area contributed by atoms with Crippen LogP contribution in [0.15, 0.2) is 4.99 Å². The van der Waals surface area contributed by atoms with Crippen molar-refractivity contribution in [3.05, 3.63) is 0 Å². The van der Waals surface area contributed by atoms with Gasteiger partial charge >= 0.3 is 0 Å². The van der Waals surface area contributed by atoms with Crippen LogP contribution in [0.1, 0.15) is 53.4 Å². The zero-order valence-electron chi connectivity index (χ0n) is 17.0. The summed E-state index contributed by atoms with van der Waals surface area (Å²) in [5.74, 6) is 0.837. The van der Waals surface area contributed by atoms with Crippen molar-refractivity contribution in [3.63, 3.8) is 0 Å². The van der Waals surface area contributed by atoms with Gasteiger partial charge in [-0.1, -0.05) is 27.2 Å². The first-order chi connectivity index (χ1) is 12.0. The van der Waals surface area contributed by atoms with Gasteiger partial charge in [-0.2, -0.15) is 0 Å². The third-order valence-corrected chi connectivity index (χ3v) is 5.38. The van der Waals surface area contributed by atoms with Gasteiger partial charge in [-0.3, -0.25) is 4.99 Å². The van der Waals surface area contributed by atoms with E-state index in [9.17, 15) is 0 Å². The molecule has 1 saturated carbocycles. The molecule has 26 heavy (non-hydrogen) atoms. The van der Waals surface area contributed by atoms with Crippen molar-refractivity contribution < 1.29 is 14.2 Å². The molecule has 0 aromatic rings. The molecule has 0 aromatic carbocycles. The second-order valence-electron chi connectivity index (χ2n) is 7.90. The van der Waals surface area contributed by atoms with Crippen LogP contribution in [0.25, 0.3) is 0 Å². The van der Waals surface area contributed by atoms with Gasteiger partial charge < -0.3 is 24.8 Å². The number of nitrogens with zero attached hydrogens (tertiary/aromatic N) is 1. The molecule has 4 unspecified atom stereocenters. The fraction of sp³-hybridized carbons (Fsp3) is 0.947. The van der Waals surface area contributed by atoms with E-state index in [4.69, 9.17) is 14.2 Å². The van der Waals surface area contributed by atoms with Gasteiger partial charge in [0.1, 0.15) is 0 Å². The highest BCUT2D eigenvalue weighted by Crippen LogP contribution is 2.42. The van der Waals surface area contributed by atoms with Crippen LogP contribution in [0.5, 0.6) is 0 Å². The maximum atomic E-state index is 6.02. The van der Waals surface area contributed by atoms with Crippen LogP contribution in [0, 0.1) is 5.41 Å². The number of unbranched alkanes of at least 4 members (excludes halogenated alkanes) is 1. The molecule has 0 bridgehead atoms. The maximum absolute atomic E-state index is 6.02. The number of aliphatic imine (C=N–C) groups is 1. The van der Waals surface area contributed by atoms with Crippen molar-refractivity contribution in [2.45, 2.75) is 77.7 Å².